The lowest BCUT2D eigenvalue weighted by Gasteiger charge is -2.30. The number of aryl methyl sites for hydroxylation is 1. The van der Waals surface area contributed by atoms with Crippen molar-refractivity contribution >= 4 is 22.8 Å². The van der Waals surface area contributed by atoms with Crippen LogP contribution in [0.25, 0.3) is 11.2 Å². The van der Waals surface area contributed by atoms with Gasteiger partial charge in [-0.2, -0.15) is 0 Å². The van der Waals surface area contributed by atoms with Crippen molar-refractivity contribution in [2.75, 3.05) is 26.7 Å². The zero-order valence-corrected chi connectivity index (χ0v) is 12.6. The predicted molar refractivity (Wildman–Crippen MR) is 79.1 cm³/mol. The molecule has 1 aliphatic heterocycles. The fraction of sp³-hybridized carbons (Fsp3) is 0.571. The van der Waals surface area contributed by atoms with E-state index in [2.05, 4.69) is 26.5 Å². The number of likely N-dealkylation sites (N-methyl/N-ethyl adjacent to an activating group) is 1. The van der Waals surface area contributed by atoms with Gasteiger partial charge in [-0.15, -0.1) is 11.6 Å². The Morgan fingerprint density at radius 3 is 3.10 bits per heavy atom. The maximum atomic E-state index is 6.03. The van der Waals surface area contributed by atoms with Gasteiger partial charge in [-0.05, 0) is 25.6 Å². The number of morpholine rings is 1. The summed E-state index contributed by atoms with van der Waals surface area (Å²) in [4.78, 5) is 11.4. The van der Waals surface area contributed by atoms with Gasteiger partial charge in [-0.1, -0.05) is 0 Å². The first-order valence-electron chi connectivity index (χ1n) is 6.85. The second-order valence-electron chi connectivity index (χ2n) is 5.38. The topological polar surface area (TPSA) is 43.2 Å². The van der Waals surface area contributed by atoms with Crippen LogP contribution in [-0.4, -0.2) is 52.3 Å². The first-order chi connectivity index (χ1) is 9.67. The number of hydrogen-bond donors (Lipinski definition) is 0. The maximum absolute atomic E-state index is 6.03. The van der Waals surface area contributed by atoms with Crippen molar-refractivity contribution in [2.24, 2.45) is 0 Å². The summed E-state index contributed by atoms with van der Waals surface area (Å²) in [6.07, 6.45) is 2.03. The highest BCUT2D eigenvalue weighted by atomic mass is 35.5. The van der Waals surface area contributed by atoms with Gasteiger partial charge in [-0.3, -0.25) is 0 Å². The number of nitrogens with zero attached hydrogens (tertiary/aromatic N) is 4. The second kappa shape index (κ2) is 5.68. The Morgan fingerprint density at radius 2 is 2.35 bits per heavy atom. The molecule has 2 aromatic heterocycles. The molecule has 2 aromatic rings. The average Bonchev–Trinajstić information content (AvgIpc) is 2.76. The van der Waals surface area contributed by atoms with Crippen LogP contribution >= 0.6 is 11.6 Å². The van der Waals surface area contributed by atoms with Gasteiger partial charge in [0.15, 0.2) is 5.65 Å². The van der Waals surface area contributed by atoms with E-state index in [1.165, 1.54) is 0 Å². The second-order valence-corrected chi connectivity index (χ2v) is 5.65. The van der Waals surface area contributed by atoms with Gasteiger partial charge in [0.2, 0.25) is 0 Å². The van der Waals surface area contributed by atoms with Crippen LogP contribution < -0.4 is 0 Å². The summed E-state index contributed by atoms with van der Waals surface area (Å²) in [6, 6.07) is 2.04. The van der Waals surface area contributed by atoms with Crippen LogP contribution in [0.5, 0.6) is 0 Å². The number of alkyl halides is 1. The molecule has 20 heavy (non-hydrogen) atoms. The Morgan fingerprint density at radius 1 is 1.50 bits per heavy atom. The number of ether oxygens (including phenoxy) is 1. The highest BCUT2D eigenvalue weighted by Gasteiger charge is 2.21. The van der Waals surface area contributed by atoms with Crippen LogP contribution in [0.4, 0.5) is 0 Å². The first kappa shape index (κ1) is 13.8. The van der Waals surface area contributed by atoms with Crippen molar-refractivity contribution in [3.05, 3.63) is 23.7 Å². The summed E-state index contributed by atoms with van der Waals surface area (Å²) in [5.41, 5.74) is 2.91. The van der Waals surface area contributed by atoms with Crippen molar-refractivity contribution in [3.63, 3.8) is 0 Å². The van der Waals surface area contributed by atoms with E-state index < -0.39 is 0 Å². The lowest BCUT2D eigenvalue weighted by atomic mass is 10.2. The minimum atomic E-state index is 0.163. The summed E-state index contributed by atoms with van der Waals surface area (Å²) in [7, 11) is 2.12. The third-order valence-electron chi connectivity index (χ3n) is 3.65. The fourth-order valence-electron chi connectivity index (χ4n) is 2.63. The van der Waals surface area contributed by atoms with Crippen molar-refractivity contribution in [1.29, 1.82) is 0 Å². The smallest absolute Gasteiger partial charge is 0.160 e. The number of imidazole rings is 1. The number of fused-ring (bicyclic) bond motifs is 1. The van der Waals surface area contributed by atoms with Crippen molar-refractivity contribution in [2.45, 2.75) is 25.5 Å². The Kier molecular flexibility index (Phi) is 3.92. The van der Waals surface area contributed by atoms with E-state index >= 15 is 0 Å². The van der Waals surface area contributed by atoms with E-state index in [0.717, 1.165) is 48.8 Å². The van der Waals surface area contributed by atoms with E-state index in [-0.39, 0.29) is 6.10 Å². The average molecular weight is 295 g/mol. The van der Waals surface area contributed by atoms with Crippen molar-refractivity contribution in [1.82, 2.24) is 19.4 Å². The number of pyridine rings is 1. The SMILES string of the molecule is Cc1cnc2c(c1)nc(CCl)n2CC1CN(C)CCO1. The van der Waals surface area contributed by atoms with Crippen molar-refractivity contribution < 1.29 is 4.74 Å². The molecule has 1 fully saturated rings. The van der Waals surface area contributed by atoms with E-state index in [0.29, 0.717) is 5.88 Å². The van der Waals surface area contributed by atoms with Gasteiger partial charge in [0.05, 0.1) is 25.1 Å². The molecule has 1 aliphatic rings. The van der Waals surface area contributed by atoms with Crippen LogP contribution in [0.1, 0.15) is 11.4 Å². The molecule has 0 bridgehead atoms. The molecular weight excluding hydrogens is 276 g/mol. The zero-order chi connectivity index (χ0) is 14.1. The molecule has 1 saturated heterocycles. The summed E-state index contributed by atoms with van der Waals surface area (Å²) in [6.45, 7) is 5.45. The van der Waals surface area contributed by atoms with Crippen molar-refractivity contribution in [3.8, 4) is 0 Å². The summed E-state index contributed by atoms with van der Waals surface area (Å²) >= 11 is 6.03. The Bertz CT molecular complexity index is 612. The molecule has 1 atom stereocenters. The van der Waals surface area contributed by atoms with E-state index in [4.69, 9.17) is 16.3 Å². The van der Waals surface area contributed by atoms with Gasteiger partial charge < -0.3 is 14.2 Å². The quantitative estimate of drug-likeness (QED) is 0.810. The van der Waals surface area contributed by atoms with Crippen LogP contribution in [0.15, 0.2) is 12.3 Å². The molecule has 3 heterocycles. The number of halogens is 1. The summed E-state index contributed by atoms with van der Waals surface area (Å²) in [5.74, 6) is 1.24. The highest BCUT2D eigenvalue weighted by Crippen LogP contribution is 2.18. The van der Waals surface area contributed by atoms with Crippen LogP contribution in [0.2, 0.25) is 0 Å². The number of hydrogen-bond acceptors (Lipinski definition) is 4. The van der Waals surface area contributed by atoms with Gasteiger partial charge >= 0.3 is 0 Å². The van der Waals surface area contributed by atoms with Crippen LogP contribution in [-0.2, 0) is 17.2 Å². The summed E-state index contributed by atoms with van der Waals surface area (Å²) < 4.78 is 7.92. The molecule has 0 amide bonds. The predicted octanol–water partition coefficient (Wildman–Crippen LogP) is 1.81. The molecule has 108 valence electrons. The zero-order valence-electron chi connectivity index (χ0n) is 11.8. The maximum Gasteiger partial charge on any atom is 0.160 e. The molecule has 0 radical (unpaired) electrons. The summed E-state index contributed by atoms with van der Waals surface area (Å²) in [5, 5.41) is 0. The standard InChI is InChI=1S/C14H19ClN4O/c1-10-5-12-14(16-7-10)19(13(6-15)17-12)9-11-8-18(2)3-4-20-11/h5,7,11H,3-4,6,8-9H2,1-2H3. The van der Waals surface area contributed by atoms with Gasteiger partial charge in [0.25, 0.3) is 0 Å². The monoisotopic (exact) mass is 294 g/mol. The molecule has 0 saturated carbocycles. The third-order valence-corrected chi connectivity index (χ3v) is 3.89. The Balaban J connectivity index is 1.93. The van der Waals surface area contributed by atoms with Crippen LogP contribution in [0, 0.1) is 6.92 Å². The minimum absolute atomic E-state index is 0.163. The largest absolute Gasteiger partial charge is 0.374 e. The van der Waals surface area contributed by atoms with E-state index in [1.54, 1.807) is 0 Å². The molecular formula is C14H19ClN4O. The molecule has 0 aromatic carbocycles. The molecule has 0 N–H and O–H groups in total. The first-order valence-corrected chi connectivity index (χ1v) is 7.38. The Labute approximate surface area is 123 Å². The molecule has 0 spiro atoms. The molecule has 3 rings (SSSR count). The van der Waals surface area contributed by atoms with Crippen LogP contribution in [0.3, 0.4) is 0 Å². The van der Waals surface area contributed by atoms with Gasteiger partial charge in [-0.25, -0.2) is 9.97 Å². The fourth-order valence-corrected chi connectivity index (χ4v) is 2.84. The number of rotatable bonds is 3. The third kappa shape index (κ3) is 2.66. The highest BCUT2D eigenvalue weighted by molar-refractivity contribution is 6.16. The number of aromatic nitrogens is 3. The van der Waals surface area contributed by atoms with E-state index in [9.17, 15) is 0 Å². The lowest BCUT2D eigenvalue weighted by molar-refractivity contribution is -0.0272. The normalized spacial score (nSPS) is 20.6. The van der Waals surface area contributed by atoms with Gasteiger partial charge in [0.1, 0.15) is 11.3 Å². The minimum Gasteiger partial charge on any atom is -0.374 e. The molecule has 1 unspecified atom stereocenters. The lowest BCUT2D eigenvalue weighted by Crippen LogP contribution is -2.42. The molecule has 5 nitrogen and oxygen atoms in total. The molecule has 0 aliphatic carbocycles. The Hall–Kier alpha value is -1.17. The molecule has 6 heteroatoms. The van der Waals surface area contributed by atoms with Gasteiger partial charge in [0, 0.05) is 19.3 Å². The van der Waals surface area contributed by atoms with E-state index in [1.807, 2.05) is 19.2 Å².